The first-order chi connectivity index (χ1) is 6.05. The molecule has 0 heterocycles. The molecule has 13 heavy (non-hydrogen) atoms. The van der Waals surface area contributed by atoms with Gasteiger partial charge in [-0.25, -0.2) is 0 Å². The van der Waals surface area contributed by atoms with Crippen molar-refractivity contribution in [3.63, 3.8) is 0 Å². The standard InChI is InChI=1S/C13H24/c1-5-9-13(3,4)10-12-8-6-7-11(12)2/h6,8,11-12H,5,7,9-10H2,1-4H3. The van der Waals surface area contributed by atoms with Gasteiger partial charge in [0.25, 0.3) is 0 Å². The zero-order valence-electron chi connectivity index (χ0n) is 9.64. The molecule has 2 unspecified atom stereocenters. The van der Waals surface area contributed by atoms with E-state index in [1.54, 1.807) is 0 Å². The molecule has 0 aromatic heterocycles. The lowest BCUT2D eigenvalue weighted by Gasteiger charge is -2.29. The van der Waals surface area contributed by atoms with E-state index in [4.69, 9.17) is 0 Å². The molecule has 0 fully saturated rings. The Morgan fingerprint density at radius 2 is 2.08 bits per heavy atom. The largest absolute Gasteiger partial charge is 0.0880 e. The van der Waals surface area contributed by atoms with Crippen LogP contribution in [0.5, 0.6) is 0 Å². The molecular formula is C13H24. The molecule has 0 radical (unpaired) electrons. The molecule has 1 rings (SSSR count). The van der Waals surface area contributed by atoms with Gasteiger partial charge in [0.1, 0.15) is 0 Å². The molecular weight excluding hydrogens is 156 g/mol. The van der Waals surface area contributed by atoms with Crippen LogP contribution >= 0.6 is 0 Å². The smallest absolute Gasteiger partial charge is 0.0200 e. The van der Waals surface area contributed by atoms with E-state index in [1.807, 2.05) is 0 Å². The van der Waals surface area contributed by atoms with Gasteiger partial charge in [-0.15, -0.1) is 0 Å². The first kappa shape index (κ1) is 10.8. The number of hydrogen-bond donors (Lipinski definition) is 0. The molecule has 0 amide bonds. The van der Waals surface area contributed by atoms with Crippen LogP contribution in [0.25, 0.3) is 0 Å². The van der Waals surface area contributed by atoms with Crippen LogP contribution in [-0.4, -0.2) is 0 Å². The molecule has 1 aliphatic rings. The van der Waals surface area contributed by atoms with Crippen LogP contribution < -0.4 is 0 Å². The molecule has 2 atom stereocenters. The first-order valence-corrected chi connectivity index (χ1v) is 5.72. The van der Waals surface area contributed by atoms with Crippen LogP contribution in [0.4, 0.5) is 0 Å². The summed E-state index contributed by atoms with van der Waals surface area (Å²) < 4.78 is 0. The Bertz CT molecular complexity index is 176. The second kappa shape index (κ2) is 4.30. The van der Waals surface area contributed by atoms with Crippen molar-refractivity contribution in [3.8, 4) is 0 Å². The molecule has 76 valence electrons. The molecule has 0 aliphatic heterocycles. The maximum absolute atomic E-state index is 2.43. The number of hydrogen-bond acceptors (Lipinski definition) is 0. The molecule has 0 heteroatoms. The van der Waals surface area contributed by atoms with Crippen molar-refractivity contribution >= 4 is 0 Å². The van der Waals surface area contributed by atoms with Crippen molar-refractivity contribution in [2.45, 2.75) is 53.4 Å². The van der Waals surface area contributed by atoms with Gasteiger partial charge >= 0.3 is 0 Å². The van der Waals surface area contributed by atoms with Gasteiger partial charge in [0.2, 0.25) is 0 Å². The van der Waals surface area contributed by atoms with Gasteiger partial charge in [-0.2, -0.15) is 0 Å². The van der Waals surface area contributed by atoms with Crippen LogP contribution in [0.3, 0.4) is 0 Å². The van der Waals surface area contributed by atoms with Gasteiger partial charge in [-0.05, 0) is 36.5 Å². The molecule has 0 saturated carbocycles. The van der Waals surface area contributed by atoms with Crippen LogP contribution in [0, 0.1) is 17.3 Å². The van der Waals surface area contributed by atoms with Crippen LogP contribution in [0.1, 0.15) is 53.4 Å². The molecule has 0 spiro atoms. The van der Waals surface area contributed by atoms with Crippen molar-refractivity contribution < 1.29 is 0 Å². The highest BCUT2D eigenvalue weighted by molar-refractivity contribution is 5.01. The zero-order chi connectivity index (χ0) is 9.90. The minimum absolute atomic E-state index is 0.544. The molecule has 0 bridgehead atoms. The van der Waals surface area contributed by atoms with E-state index >= 15 is 0 Å². The number of rotatable bonds is 4. The quantitative estimate of drug-likeness (QED) is 0.562. The Balaban J connectivity index is 2.42. The van der Waals surface area contributed by atoms with E-state index in [-0.39, 0.29) is 0 Å². The van der Waals surface area contributed by atoms with E-state index in [9.17, 15) is 0 Å². The van der Waals surface area contributed by atoms with Crippen molar-refractivity contribution in [1.29, 1.82) is 0 Å². The predicted molar refractivity (Wildman–Crippen MR) is 59.7 cm³/mol. The fraction of sp³-hybridized carbons (Fsp3) is 0.846. The summed E-state index contributed by atoms with van der Waals surface area (Å²) in [5, 5.41) is 0. The van der Waals surface area contributed by atoms with E-state index in [1.165, 1.54) is 25.7 Å². The molecule has 1 aliphatic carbocycles. The maximum atomic E-state index is 2.43. The fourth-order valence-corrected chi connectivity index (χ4v) is 2.52. The number of allylic oxidation sites excluding steroid dienone is 2. The molecule has 0 aromatic carbocycles. The lowest BCUT2D eigenvalue weighted by molar-refractivity contribution is 0.240. The van der Waals surface area contributed by atoms with Crippen molar-refractivity contribution in [3.05, 3.63) is 12.2 Å². The van der Waals surface area contributed by atoms with Gasteiger partial charge in [0, 0.05) is 0 Å². The van der Waals surface area contributed by atoms with Gasteiger partial charge in [0.05, 0.1) is 0 Å². The summed E-state index contributed by atoms with van der Waals surface area (Å²) >= 11 is 0. The van der Waals surface area contributed by atoms with Crippen molar-refractivity contribution in [1.82, 2.24) is 0 Å². The second-order valence-electron chi connectivity index (χ2n) is 5.42. The summed E-state index contributed by atoms with van der Waals surface area (Å²) in [7, 11) is 0. The summed E-state index contributed by atoms with van der Waals surface area (Å²) in [4.78, 5) is 0. The normalized spacial score (nSPS) is 28.3. The average molecular weight is 180 g/mol. The Labute approximate surface area is 83.4 Å². The Kier molecular flexibility index (Phi) is 3.58. The monoisotopic (exact) mass is 180 g/mol. The average Bonchev–Trinajstić information content (AvgIpc) is 2.35. The third-order valence-electron chi connectivity index (χ3n) is 3.34. The summed E-state index contributed by atoms with van der Waals surface area (Å²) in [6.07, 6.45) is 10.1. The van der Waals surface area contributed by atoms with E-state index in [2.05, 4.69) is 39.8 Å². The van der Waals surface area contributed by atoms with Gasteiger partial charge in [-0.1, -0.05) is 46.3 Å². The molecule has 0 N–H and O–H groups in total. The highest BCUT2D eigenvalue weighted by atomic mass is 14.3. The molecule has 0 aromatic rings. The van der Waals surface area contributed by atoms with Crippen molar-refractivity contribution in [2.75, 3.05) is 0 Å². The van der Waals surface area contributed by atoms with Crippen LogP contribution in [0.2, 0.25) is 0 Å². The first-order valence-electron chi connectivity index (χ1n) is 5.72. The zero-order valence-corrected chi connectivity index (χ0v) is 9.64. The highest BCUT2D eigenvalue weighted by Crippen LogP contribution is 2.37. The Morgan fingerprint density at radius 1 is 1.38 bits per heavy atom. The minimum Gasteiger partial charge on any atom is -0.0880 e. The summed E-state index contributed by atoms with van der Waals surface area (Å²) in [6.45, 7) is 9.49. The van der Waals surface area contributed by atoms with Crippen LogP contribution in [0.15, 0.2) is 12.2 Å². The predicted octanol–water partition coefficient (Wildman–Crippen LogP) is 4.42. The third kappa shape index (κ3) is 3.17. The van der Waals surface area contributed by atoms with Gasteiger partial charge in [-0.3, -0.25) is 0 Å². The molecule has 0 nitrogen and oxygen atoms in total. The van der Waals surface area contributed by atoms with E-state index < -0.39 is 0 Å². The summed E-state index contributed by atoms with van der Waals surface area (Å²) in [5.41, 5.74) is 0.544. The Hall–Kier alpha value is -0.260. The molecule has 0 saturated heterocycles. The SMILES string of the molecule is CCCC(C)(C)CC1C=CCC1C. The van der Waals surface area contributed by atoms with Crippen LogP contribution in [-0.2, 0) is 0 Å². The van der Waals surface area contributed by atoms with Gasteiger partial charge < -0.3 is 0 Å². The summed E-state index contributed by atoms with van der Waals surface area (Å²) in [5.74, 6) is 1.73. The minimum atomic E-state index is 0.544. The highest BCUT2D eigenvalue weighted by Gasteiger charge is 2.26. The van der Waals surface area contributed by atoms with Gasteiger partial charge in [0.15, 0.2) is 0 Å². The fourth-order valence-electron chi connectivity index (χ4n) is 2.52. The lowest BCUT2D eigenvalue weighted by atomic mass is 9.77. The Morgan fingerprint density at radius 3 is 2.54 bits per heavy atom. The van der Waals surface area contributed by atoms with Crippen molar-refractivity contribution in [2.24, 2.45) is 17.3 Å². The van der Waals surface area contributed by atoms with E-state index in [0.717, 1.165) is 11.8 Å². The van der Waals surface area contributed by atoms with E-state index in [0.29, 0.717) is 5.41 Å². The topological polar surface area (TPSA) is 0 Å². The third-order valence-corrected chi connectivity index (χ3v) is 3.34. The summed E-state index contributed by atoms with van der Waals surface area (Å²) in [6, 6.07) is 0. The second-order valence-corrected chi connectivity index (χ2v) is 5.42. The lowest BCUT2D eigenvalue weighted by Crippen LogP contribution is -2.18. The maximum Gasteiger partial charge on any atom is -0.0200 e.